The fourth-order valence-electron chi connectivity index (χ4n) is 0.773. The fourth-order valence-corrected chi connectivity index (χ4v) is 1.33. The van der Waals surface area contributed by atoms with E-state index in [9.17, 15) is 13.2 Å². The molecule has 0 radical (unpaired) electrons. The minimum Gasteiger partial charge on any atom is -0.504 e. The first-order valence-electron chi connectivity index (χ1n) is 3.11. The van der Waals surface area contributed by atoms with E-state index in [1.807, 2.05) is 0 Å². The highest BCUT2D eigenvalue weighted by Gasteiger charge is 2.34. The Bertz CT molecular complexity index is 335. The van der Waals surface area contributed by atoms with Crippen molar-refractivity contribution in [1.82, 2.24) is 0 Å². The molecule has 0 aliphatic rings. The molecule has 1 aromatic rings. The van der Waals surface area contributed by atoms with E-state index in [4.69, 9.17) is 10.2 Å². The third-order valence-electron chi connectivity index (χ3n) is 1.40. The Morgan fingerprint density at radius 3 is 2.15 bits per heavy atom. The van der Waals surface area contributed by atoms with Crippen molar-refractivity contribution < 1.29 is 23.4 Å². The van der Waals surface area contributed by atoms with E-state index in [0.29, 0.717) is 6.07 Å². The number of rotatable bonds is 0. The first kappa shape index (κ1) is 10.2. The Balaban J connectivity index is 3.35. The van der Waals surface area contributed by atoms with Gasteiger partial charge in [0.05, 0.1) is 10.0 Å². The Morgan fingerprint density at radius 1 is 1.15 bits per heavy atom. The van der Waals surface area contributed by atoms with Gasteiger partial charge in [0.25, 0.3) is 0 Å². The summed E-state index contributed by atoms with van der Waals surface area (Å²) in [6, 6.07) is 1.46. The zero-order chi connectivity index (χ0) is 10.2. The standard InChI is InChI=1S/C7H4BrF3O2/c8-5-3(7(9,10)11)1-2-4(12)6(5)13/h1-2,12-13H. The van der Waals surface area contributed by atoms with E-state index in [1.165, 1.54) is 0 Å². The van der Waals surface area contributed by atoms with Crippen molar-refractivity contribution in [3.63, 3.8) is 0 Å². The molecule has 2 nitrogen and oxygen atoms in total. The first-order chi connectivity index (χ1) is 5.84. The zero-order valence-corrected chi connectivity index (χ0v) is 7.65. The van der Waals surface area contributed by atoms with Gasteiger partial charge in [0, 0.05) is 0 Å². The van der Waals surface area contributed by atoms with Crippen molar-refractivity contribution in [2.24, 2.45) is 0 Å². The van der Waals surface area contributed by atoms with Gasteiger partial charge in [0.2, 0.25) is 0 Å². The third kappa shape index (κ3) is 1.88. The van der Waals surface area contributed by atoms with Gasteiger partial charge in [-0.1, -0.05) is 0 Å². The van der Waals surface area contributed by atoms with Crippen molar-refractivity contribution in [2.75, 3.05) is 0 Å². The SMILES string of the molecule is Oc1ccc(C(F)(F)F)c(Br)c1O. The molecule has 0 atom stereocenters. The van der Waals surface area contributed by atoms with Crippen LogP contribution in [0, 0.1) is 0 Å². The summed E-state index contributed by atoms with van der Waals surface area (Å²) in [5, 5.41) is 17.8. The largest absolute Gasteiger partial charge is 0.504 e. The highest BCUT2D eigenvalue weighted by atomic mass is 79.9. The summed E-state index contributed by atoms with van der Waals surface area (Å²) in [4.78, 5) is 0. The van der Waals surface area contributed by atoms with Crippen molar-refractivity contribution >= 4 is 15.9 Å². The second-order valence-electron chi connectivity index (χ2n) is 2.29. The van der Waals surface area contributed by atoms with E-state index < -0.39 is 27.7 Å². The van der Waals surface area contributed by atoms with Crippen molar-refractivity contribution in [1.29, 1.82) is 0 Å². The summed E-state index contributed by atoms with van der Waals surface area (Å²) in [5.41, 5.74) is -1.03. The molecule has 0 aliphatic carbocycles. The third-order valence-corrected chi connectivity index (χ3v) is 2.20. The van der Waals surface area contributed by atoms with Crippen LogP contribution in [0.15, 0.2) is 16.6 Å². The van der Waals surface area contributed by atoms with Crippen LogP contribution in [0.5, 0.6) is 11.5 Å². The monoisotopic (exact) mass is 256 g/mol. The summed E-state index contributed by atoms with van der Waals surface area (Å²) in [7, 11) is 0. The Labute approximate surface area is 79.7 Å². The van der Waals surface area contributed by atoms with Gasteiger partial charge in [-0.15, -0.1) is 0 Å². The van der Waals surface area contributed by atoms with Crippen LogP contribution in [-0.2, 0) is 6.18 Å². The van der Waals surface area contributed by atoms with Gasteiger partial charge in [0.1, 0.15) is 0 Å². The number of halogens is 4. The minimum atomic E-state index is -4.55. The molecule has 0 amide bonds. The van der Waals surface area contributed by atoms with Crippen LogP contribution >= 0.6 is 15.9 Å². The summed E-state index contributed by atoms with van der Waals surface area (Å²) in [6.07, 6.45) is -4.55. The normalized spacial score (nSPS) is 11.7. The van der Waals surface area contributed by atoms with E-state index in [0.717, 1.165) is 6.07 Å². The van der Waals surface area contributed by atoms with Gasteiger partial charge in [-0.25, -0.2) is 0 Å². The summed E-state index contributed by atoms with van der Waals surface area (Å²) in [6.45, 7) is 0. The van der Waals surface area contributed by atoms with Crippen LogP contribution < -0.4 is 0 Å². The molecule has 2 N–H and O–H groups in total. The number of alkyl halides is 3. The lowest BCUT2D eigenvalue weighted by molar-refractivity contribution is -0.138. The predicted molar refractivity (Wildman–Crippen MR) is 42.5 cm³/mol. The Morgan fingerprint density at radius 2 is 1.69 bits per heavy atom. The lowest BCUT2D eigenvalue weighted by Gasteiger charge is -2.10. The number of phenols is 2. The maximum absolute atomic E-state index is 12.1. The van der Waals surface area contributed by atoms with Gasteiger partial charge in [-0.05, 0) is 28.1 Å². The fraction of sp³-hybridized carbons (Fsp3) is 0.143. The van der Waals surface area contributed by atoms with Gasteiger partial charge < -0.3 is 10.2 Å². The molecule has 0 unspecified atom stereocenters. The molecular weight excluding hydrogens is 253 g/mol. The molecule has 0 spiro atoms. The van der Waals surface area contributed by atoms with Gasteiger partial charge >= 0.3 is 6.18 Å². The average Bonchev–Trinajstić information content (AvgIpc) is 1.98. The molecular formula is C7H4BrF3O2. The van der Waals surface area contributed by atoms with Crippen molar-refractivity contribution in [2.45, 2.75) is 6.18 Å². The van der Waals surface area contributed by atoms with Gasteiger partial charge in [0.15, 0.2) is 11.5 Å². The molecule has 0 saturated heterocycles. The number of phenolic OH excluding ortho intramolecular Hbond substituents is 2. The Kier molecular flexibility index (Phi) is 2.42. The Hall–Kier alpha value is -0.910. The van der Waals surface area contributed by atoms with Crippen LogP contribution in [0.1, 0.15) is 5.56 Å². The van der Waals surface area contributed by atoms with Crippen LogP contribution in [0.2, 0.25) is 0 Å². The number of hydrogen-bond acceptors (Lipinski definition) is 2. The molecule has 0 aliphatic heterocycles. The zero-order valence-electron chi connectivity index (χ0n) is 6.06. The van der Waals surface area contributed by atoms with Crippen molar-refractivity contribution in [3.8, 4) is 11.5 Å². The quantitative estimate of drug-likeness (QED) is 0.701. The van der Waals surface area contributed by atoms with E-state index in [-0.39, 0.29) is 0 Å². The summed E-state index contributed by atoms with van der Waals surface area (Å²) in [5.74, 6) is -1.41. The van der Waals surface area contributed by atoms with Crippen LogP contribution in [-0.4, -0.2) is 10.2 Å². The van der Waals surface area contributed by atoms with E-state index >= 15 is 0 Å². The summed E-state index contributed by atoms with van der Waals surface area (Å²) >= 11 is 2.54. The highest BCUT2D eigenvalue weighted by molar-refractivity contribution is 9.10. The topological polar surface area (TPSA) is 40.5 Å². The molecule has 6 heteroatoms. The minimum absolute atomic E-state index is 0.556. The number of aromatic hydroxyl groups is 2. The molecule has 0 saturated carbocycles. The highest BCUT2D eigenvalue weighted by Crippen LogP contribution is 2.42. The second-order valence-corrected chi connectivity index (χ2v) is 3.09. The molecule has 1 aromatic carbocycles. The van der Waals surface area contributed by atoms with E-state index in [1.54, 1.807) is 0 Å². The smallest absolute Gasteiger partial charge is 0.417 e. The molecule has 72 valence electrons. The lowest BCUT2D eigenvalue weighted by atomic mass is 10.2. The van der Waals surface area contributed by atoms with Crippen LogP contribution in [0.4, 0.5) is 13.2 Å². The average molecular weight is 257 g/mol. The molecule has 0 bridgehead atoms. The number of hydrogen-bond donors (Lipinski definition) is 2. The predicted octanol–water partition coefficient (Wildman–Crippen LogP) is 2.88. The van der Waals surface area contributed by atoms with Crippen molar-refractivity contribution in [3.05, 3.63) is 22.2 Å². The van der Waals surface area contributed by atoms with Crippen LogP contribution in [0.3, 0.4) is 0 Å². The molecule has 13 heavy (non-hydrogen) atoms. The maximum Gasteiger partial charge on any atom is 0.417 e. The van der Waals surface area contributed by atoms with Gasteiger partial charge in [-0.3, -0.25) is 0 Å². The summed E-state index contributed by atoms with van der Waals surface area (Å²) < 4.78 is 35.9. The molecule has 0 aromatic heterocycles. The van der Waals surface area contributed by atoms with Gasteiger partial charge in [-0.2, -0.15) is 13.2 Å². The van der Waals surface area contributed by atoms with E-state index in [2.05, 4.69) is 15.9 Å². The lowest BCUT2D eigenvalue weighted by Crippen LogP contribution is -2.05. The maximum atomic E-state index is 12.1. The number of benzene rings is 1. The first-order valence-corrected chi connectivity index (χ1v) is 3.91. The molecule has 0 fully saturated rings. The second kappa shape index (κ2) is 3.10. The molecule has 1 rings (SSSR count). The molecule has 0 heterocycles. The van der Waals surface area contributed by atoms with Crippen LogP contribution in [0.25, 0.3) is 0 Å².